The van der Waals surface area contributed by atoms with Crippen LogP contribution in [0.15, 0.2) is 30.3 Å². The highest BCUT2D eigenvalue weighted by atomic mass is 16.5. The molecule has 0 bridgehead atoms. The van der Waals surface area contributed by atoms with Gasteiger partial charge in [0.25, 0.3) is 0 Å². The number of benzene rings is 1. The molecule has 96 valence electrons. The van der Waals surface area contributed by atoms with E-state index in [2.05, 4.69) is 24.3 Å². The van der Waals surface area contributed by atoms with Gasteiger partial charge in [0.15, 0.2) is 0 Å². The van der Waals surface area contributed by atoms with Gasteiger partial charge in [0.1, 0.15) is 6.10 Å². The van der Waals surface area contributed by atoms with Crippen molar-refractivity contribution in [1.29, 1.82) is 0 Å². The number of fused-ring (bicyclic) bond motifs is 1. The summed E-state index contributed by atoms with van der Waals surface area (Å²) in [5, 5.41) is 0. The van der Waals surface area contributed by atoms with Gasteiger partial charge in [-0.15, -0.1) is 0 Å². The van der Waals surface area contributed by atoms with Crippen LogP contribution in [0.25, 0.3) is 0 Å². The molecule has 4 atom stereocenters. The lowest BCUT2D eigenvalue weighted by Crippen LogP contribution is -2.42. The van der Waals surface area contributed by atoms with Crippen LogP contribution in [-0.2, 0) is 16.0 Å². The Bertz CT molecular complexity index is 426. The molecule has 1 aliphatic heterocycles. The molecule has 1 aliphatic carbocycles. The first-order chi connectivity index (χ1) is 8.75. The minimum absolute atomic E-state index is 0.0130. The smallest absolute Gasteiger partial charge is 0.309 e. The minimum atomic E-state index is 0.0130. The molecule has 2 aliphatic rings. The number of hydrogen-bond acceptors (Lipinski definition) is 2. The normalized spacial score (nSPS) is 35.1. The monoisotopic (exact) mass is 244 g/mol. The Morgan fingerprint density at radius 3 is 2.67 bits per heavy atom. The Balaban J connectivity index is 1.77. The van der Waals surface area contributed by atoms with Crippen molar-refractivity contribution in [2.24, 2.45) is 17.8 Å². The molecule has 0 unspecified atom stereocenters. The Hall–Kier alpha value is -1.31. The first-order valence-corrected chi connectivity index (χ1v) is 7.00. The van der Waals surface area contributed by atoms with Gasteiger partial charge in [-0.05, 0) is 30.2 Å². The molecule has 2 nitrogen and oxygen atoms in total. The zero-order chi connectivity index (χ0) is 12.5. The summed E-state index contributed by atoms with van der Waals surface area (Å²) in [6, 6.07) is 10.4. The summed E-state index contributed by atoms with van der Waals surface area (Å²) in [6.45, 7) is 2.03. The van der Waals surface area contributed by atoms with Crippen LogP contribution in [0.4, 0.5) is 0 Å². The summed E-state index contributed by atoms with van der Waals surface area (Å²) in [5.74, 6) is 1.25. The number of hydrogen-bond donors (Lipinski definition) is 0. The topological polar surface area (TPSA) is 26.3 Å². The Kier molecular flexibility index (Phi) is 3.11. The second kappa shape index (κ2) is 4.75. The second-order valence-electron chi connectivity index (χ2n) is 5.71. The molecule has 1 aromatic carbocycles. The van der Waals surface area contributed by atoms with Crippen molar-refractivity contribution in [2.45, 2.75) is 38.7 Å². The van der Waals surface area contributed by atoms with Crippen LogP contribution in [0.1, 0.15) is 31.7 Å². The van der Waals surface area contributed by atoms with Crippen molar-refractivity contribution in [1.82, 2.24) is 0 Å². The summed E-state index contributed by atoms with van der Waals surface area (Å²) in [5.41, 5.74) is 1.27. The Labute approximate surface area is 108 Å². The highest BCUT2D eigenvalue weighted by Crippen LogP contribution is 2.44. The third kappa shape index (κ3) is 2.05. The maximum atomic E-state index is 11.9. The fourth-order valence-electron chi connectivity index (χ4n) is 3.66. The lowest BCUT2D eigenvalue weighted by atomic mass is 9.78. The number of cyclic esters (lactones) is 1. The van der Waals surface area contributed by atoms with Gasteiger partial charge in [-0.25, -0.2) is 0 Å². The average molecular weight is 244 g/mol. The van der Waals surface area contributed by atoms with Crippen molar-refractivity contribution in [3.8, 4) is 0 Å². The van der Waals surface area contributed by atoms with E-state index in [0.29, 0.717) is 11.8 Å². The van der Waals surface area contributed by atoms with E-state index in [1.54, 1.807) is 0 Å². The quantitative estimate of drug-likeness (QED) is 0.747. The summed E-state index contributed by atoms with van der Waals surface area (Å²) < 4.78 is 5.68. The Morgan fingerprint density at radius 1 is 1.17 bits per heavy atom. The second-order valence-corrected chi connectivity index (χ2v) is 5.71. The maximum absolute atomic E-state index is 11.9. The first-order valence-electron chi connectivity index (χ1n) is 7.00. The van der Waals surface area contributed by atoms with Gasteiger partial charge in [0, 0.05) is 6.42 Å². The average Bonchev–Trinajstić information content (AvgIpc) is 2.86. The highest BCUT2D eigenvalue weighted by molar-refractivity contribution is 5.73. The van der Waals surface area contributed by atoms with E-state index in [1.807, 2.05) is 13.0 Å². The molecule has 2 fully saturated rings. The van der Waals surface area contributed by atoms with Crippen LogP contribution in [-0.4, -0.2) is 12.1 Å². The zero-order valence-electron chi connectivity index (χ0n) is 10.8. The predicted molar refractivity (Wildman–Crippen MR) is 70.0 cm³/mol. The molecule has 0 N–H and O–H groups in total. The van der Waals surface area contributed by atoms with E-state index in [0.717, 1.165) is 6.42 Å². The van der Waals surface area contributed by atoms with Crippen molar-refractivity contribution < 1.29 is 9.53 Å². The van der Waals surface area contributed by atoms with Crippen LogP contribution < -0.4 is 0 Å². The third-order valence-electron chi connectivity index (χ3n) is 4.66. The molecule has 3 rings (SSSR count). The van der Waals surface area contributed by atoms with Gasteiger partial charge in [0.2, 0.25) is 0 Å². The molecular weight excluding hydrogens is 224 g/mol. The molecule has 18 heavy (non-hydrogen) atoms. The fraction of sp³-hybridized carbons (Fsp3) is 0.562. The SMILES string of the molecule is C[C@@H]1C(=O)O[C@@H](Cc2ccccc2)[C@H]2CCC[C@@H]21. The molecule has 0 spiro atoms. The molecule has 2 heteroatoms. The lowest BCUT2D eigenvalue weighted by Gasteiger charge is -2.37. The number of ether oxygens (including phenoxy) is 1. The summed E-state index contributed by atoms with van der Waals surface area (Å²) in [7, 11) is 0. The van der Waals surface area contributed by atoms with Crippen LogP contribution in [0.3, 0.4) is 0 Å². The first kappa shape index (κ1) is 11.8. The van der Waals surface area contributed by atoms with E-state index in [4.69, 9.17) is 4.74 Å². The van der Waals surface area contributed by atoms with Gasteiger partial charge in [0.05, 0.1) is 5.92 Å². The summed E-state index contributed by atoms with van der Waals surface area (Å²) >= 11 is 0. The summed E-state index contributed by atoms with van der Waals surface area (Å²) in [6.07, 6.45) is 4.65. The van der Waals surface area contributed by atoms with Crippen molar-refractivity contribution in [3.05, 3.63) is 35.9 Å². The minimum Gasteiger partial charge on any atom is -0.461 e. The summed E-state index contributed by atoms with van der Waals surface area (Å²) in [4.78, 5) is 11.9. The van der Waals surface area contributed by atoms with E-state index in [1.165, 1.54) is 24.8 Å². The van der Waals surface area contributed by atoms with Gasteiger partial charge in [-0.3, -0.25) is 4.79 Å². The fourth-order valence-corrected chi connectivity index (χ4v) is 3.66. The van der Waals surface area contributed by atoms with Gasteiger partial charge >= 0.3 is 5.97 Å². The maximum Gasteiger partial charge on any atom is 0.309 e. The van der Waals surface area contributed by atoms with E-state index < -0.39 is 0 Å². The number of rotatable bonds is 2. The van der Waals surface area contributed by atoms with Crippen LogP contribution in [0.5, 0.6) is 0 Å². The van der Waals surface area contributed by atoms with Crippen LogP contribution in [0, 0.1) is 17.8 Å². The van der Waals surface area contributed by atoms with Crippen molar-refractivity contribution in [3.63, 3.8) is 0 Å². The predicted octanol–water partition coefficient (Wildman–Crippen LogP) is 3.21. The third-order valence-corrected chi connectivity index (χ3v) is 4.66. The number of carbonyl (C=O) groups is 1. The van der Waals surface area contributed by atoms with E-state index >= 15 is 0 Å². The Morgan fingerprint density at radius 2 is 1.89 bits per heavy atom. The van der Waals surface area contributed by atoms with Gasteiger partial charge < -0.3 is 4.74 Å². The molecule has 1 heterocycles. The van der Waals surface area contributed by atoms with Gasteiger partial charge in [-0.1, -0.05) is 43.7 Å². The van der Waals surface area contributed by atoms with E-state index in [9.17, 15) is 4.79 Å². The number of esters is 1. The molecule has 1 saturated heterocycles. The number of carbonyl (C=O) groups excluding carboxylic acids is 1. The standard InChI is InChI=1S/C16H20O2/c1-11-13-8-5-9-14(13)15(18-16(11)17)10-12-6-3-2-4-7-12/h2-4,6-7,11,13-15H,5,8-10H2,1H3/t11-,13+,14-,15-/m0/s1. The lowest BCUT2D eigenvalue weighted by molar-refractivity contribution is -0.169. The molecule has 1 saturated carbocycles. The molecule has 0 aromatic heterocycles. The highest BCUT2D eigenvalue weighted by Gasteiger charge is 2.45. The van der Waals surface area contributed by atoms with Crippen molar-refractivity contribution in [2.75, 3.05) is 0 Å². The van der Waals surface area contributed by atoms with Crippen LogP contribution in [0.2, 0.25) is 0 Å². The van der Waals surface area contributed by atoms with Gasteiger partial charge in [-0.2, -0.15) is 0 Å². The molecular formula is C16H20O2. The molecule has 0 amide bonds. The zero-order valence-corrected chi connectivity index (χ0v) is 10.8. The van der Waals surface area contributed by atoms with Crippen molar-refractivity contribution >= 4 is 5.97 Å². The molecule has 1 aromatic rings. The largest absolute Gasteiger partial charge is 0.461 e. The molecule has 0 radical (unpaired) electrons. The van der Waals surface area contributed by atoms with E-state index in [-0.39, 0.29) is 18.0 Å². The van der Waals surface area contributed by atoms with Crippen LogP contribution >= 0.6 is 0 Å².